The maximum Gasteiger partial charge on any atom is 0.195 e. The Labute approximate surface area is 146 Å². The number of hydrogen-bond donors (Lipinski definition) is 0. The third-order valence-electron chi connectivity index (χ3n) is 4.75. The summed E-state index contributed by atoms with van der Waals surface area (Å²) in [6.45, 7) is 0.709. The van der Waals surface area contributed by atoms with Crippen LogP contribution in [0.15, 0.2) is 42.7 Å². The Morgan fingerprint density at radius 2 is 1.88 bits per heavy atom. The van der Waals surface area contributed by atoms with E-state index in [1.807, 2.05) is 35.0 Å². The van der Waals surface area contributed by atoms with Crippen LogP contribution in [0.2, 0.25) is 0 Å². The minimum atomic E-state index is -1.49. The number of pyridine rings is 1. The molecule has 0 saturated heterocycles. The van der Waals surface area contributed by atoms with Crippen LogP contribution >= 0.6 is 0 Å². The molecule has 0 spiro atoms. The van der Waals surface area contributed by atoms with E-state index in [0.29, 0.717) is 23.5 Å². The predicted octanol–water partition coefficient (Wildman–Crippen LogP) is 4.23. The van der Waals surface area contributed by atoms with Crippen LogP contribution in [0.1, 0.15) is 12.1 Å². The molecule has 1 aliphatic rings. The molecular formula is C19H13F3N4. The fourth-order valence-electron chi connectivity index (χ4n) is 3.55. The van der Waals surface area contributed by atoms with Gasteiger partial charge in [-0.25, -0.2) is 18.2 Å². The molecule has 0 N–H and O–H groups in total. The van der Waals surface area contributed by atoms with E-state index in [1.54, 1.807) is 4.68 Å². The first kappa shape index (κ1) is 15.2. The summed E-state index contributed by atoms with van der Waals surface area (Å²) in [5.74, 6) is -3.93. The molecule has 5 rings (SSSR count). The highest BCUT2D eigenvalue weighted by Gasteiger charge is 2.28. The van der Waals surface area contributed by atoms with Crippen molar-refractivity contribution in [3.8, 4) is 22.5 Å². The van der Waals surface area contributed by atoms with Crippen LogP contribution in [-0.2, 0) is 13.0 Å². The van der Waals surface area contributed by atoms with Crippen LogP contribution in [0.5, 0.6) is 0 Å². The zero-order valence-corrected chi connectivity index (χ0v) is 13.6. The van der Waals surface area contributed by atoms with Gasteiger partial charge in [-0.3, -0.25) is 4.68 Å². The maximum atomic E-state index is 14.4. The first-order valence-electron chi connectivity index (χ1n) is 8.31. The number of rotatable bonds is 2. The Balaban J connectivity index is 1.79. The first-order valence-corrected chi connectivity index (χ1v) is 8.31. The third-order valence-corrected chi connectivity index (χ3v) is 4.75. The van der Waals surface area contributed by atoms with Crippen molar-refractivity contribution in [2.75, 3.05) is 0 Å². The number of aryl methyl sites for hydroxylation is 1. The van der Waals surface area contributed by atoms with Gasteiger partial charge in [-0.2, -0.15) is 5.10 Å². The minimum Gasteiger partial charge on any atom is -0.306 e. The van der Waals surface area contributed by atoms with Gasteiger partial charge in [0, 0.05) is 30.2 Å². The van der Waals surface area contributed by atoms with E-state index in [-0.39, 0.29) is 5.56 Å². The van der Waals surface area contributed by atoms with E-state index in [2.05, 4.69) is 10.1 Å². The Bertz CT molecular complexity index is 1130. The van der Waals surface area contributed by atoms with Crippen molar-refractivity contribution in [2.24, 2.45) is 0 Å². The molecule has 1 aliphatic heterocycles. The van der Waals surface area contributed by atoms with Crippen LogP contribution < -0.4 is 0 Å². The number of halogens is 3. The van der Waals surface area contributed by atoms with Gasteiger partial charge in [0.05, 0.1) is 11.3 Å². The molecule has 4 nitrogen and oxygen atoms in total. The van der Waals surface area contributed by atoms with Gasteiger partial charge in [0.15, 0.2) is 17.5 Å². The summed E-state index contributed by atoms with van der Waals surface area (Å²) in [6, 6.07) is 7.78. The maximum absolute atomic E-state index is 14.4. The lowest BCUT2D eigenvalue weighted by molar-refractivity contribution is 0.448. The van der Waals surface area contributed by atoms with Crippen molar-refractivity contribution < 1.29 is 13.2 Å². The molecule has 0 radical (unpaired) electrons. The summed E-state index contributed by atoms with van der Waals surface area (Å²) in [5.41, 5.74) is 3.23. The van der Waals surface area contributed by atoms with Crippen LogP contribution in [-0.4, -0.2) is 19.2 Å². The lowest BCUT2D eigenvalue weighted by atomic mass is 10.0. The van der Waals surface area contributed by atoms with Crippen molar-refractivity contribution in [2.45, 2.75) is 19.4 Å². The molecule has 4 aromatic rings. The molecule has 3 aromatic heterocycles. The van der Waals surface area contributed by atoms with Gasteiger partial charge >= 0.3 is 0 Å². The van der Waals surface area contributed by atoms with Gasteiger partial charge in [0.2, 0.25) is 0 Å². The quantitative estimate of drug-likeness (QED) is 0.505. The smallest absolute Gasteiger partial charge is 0.195 e. The summed E-state index contributed by atoms with van der Waals surface area (Å²) >= 11 is 0. The molecule has 1 aromatic carbocycles. The van der Waals surface area contributed by atoms with E-state index in [0.717, 1.165) is 30.2 Å². The van der Waals surface area contributed by atoms with Crippen molar-refractivity contribution in [1.29, 1.82) is 0 Å². The van der Waals surface area contributed by atoms with Crippen LogP contribution in [0.4, 0.5) is 13.2 Å². The van der Waals surface area contributed by atoms with Gasteiger partial charge in [0.25, 0.3) is 0 Å². The van der Waals surface area contributed by atoms with Crippen molar-refractivity contribution >= 4 is 5.65 Å². The minimum absolute atomic E-state index is 0.0575. The average Bonchev–Trinajstić information content (AvgIpc) is 3.32. The highest BCUT2D eigenvalue weighted by atomic mass is 19.2. The fourth-order valence-corrected chi connectivity index (χ4v) is 3.55. The summed E-state index contributed by atoms with van der Waals surface area (Å²) in [5, 5.41) is 4.48. The number of nitrogens with zero attached hydrogens (tertiary/aromatic N) is 4. The van der Waals surface area contributed by atoms with E-state index < -0.39 is 17.5 Å². The second-order valence-corrected chi connectivity index (χ2v) is 6.31. The zero-order valence-electron chi connectivity index (χ0n) is 13.6. The summed E-state index contributed by atoms with van der Waals surface area (Å²) in [6.07, 6.45) is 5.42. The lowest BCUT2D eigenvalue weighted by Gasteiger charge is -2.05. The van der Waals surface area contributed by atoms with Gasteiger partial charge in [-0.1, -0.05) is 6.07 Å². The Morgan fingerprint density at radius 3 is 2.73 bits per heavy atom. The largest absolute Gasteiger partial charge is 0.306 e. The van der Waals surface area contributed by atoms with Gasteiger partial charge in [-0.15, -0.1) is 0 Å². The number of aromatic nitrogens is 4. The standard InChI is InChI=1S/C19H13F3N4/c20-12-7-6-11(17(21)18(12)22)19-16(14-4-3-9-26(14)24-19)13-10-25-8-2-1-5-15(25)23-13/h1-2,5-8,10H,3-4,9H2. The Hall–Kier alpha value is -3.09. The molecule has 0 fully saturated rings. The molecule has 0 saturated carbocycles. The topological polar surface area (TPSA) is 35.1 Å². The van der Waals surface area contributed by atoms with Crippen LogP contribution in [0, 0.1) is 17.5 Å². The SMILES string of the molecule is Fc1ccc(-c2nn3c(c2-c2cn4ccccc4n2)CCC3)c(F)c1F. The van der Waals surface area contributed by atoms with E-state index in [9.17, 15) is 13.2 Å². The second kappa shape index (κ2) is 5.45. The average molecular weight is 354 g/mol. The fraction of sp³-hybridized carbons (Fsp3) is 0.158. The van der Waals surface area contributed by atoms with Crippen molar-refractivity contribution in [1.82, 2.24) is 19.2 Å². The van der Waals surface area contributed by atoms with Crippen molar-refractivity contribution in [3.63, 3.8) is 0 Å². The highest BCUT2D eigenvalue weighted by Crippen LogP contribution is 2.38. The number of hydrogen-bond acceptors (Lipinski definition) is 2. The molecule has 0 amide bonds. The normalized spacial score (nSPS) is 13.5. The molecule has 26 heavy (non-hydrogen) atoms. The van der Waals surface area contributed by atoms with Gasteiger partial charge in [-0.05, 0) is 37.1 Å². The van der Waals surface area contributed by atoms with Crippen LogP contribution in [0.25, 0.3) is 28.2 Å². The van der Waals surface area contributed by atoms with Gasteiger partial charge in [0.1, 0.15) is 11.3 Å². The molecule has 0 bridgehead atoms. The van der Waals surface area contributed by atoms with E-state index >= 15 is 0 Å². The van der Waals surface area contributed by atoms with Crippen LogP contribution in [0.3, 0.4) is 0 Å². The van der Waals surface area contributed by atoms with E-state index in [1.165, 1.54) is 6.07 Å². The molecule has 7 heteroatoms. The monoisotopic (exact) mass is 354 g/mol. The number of benzene rings is 1. The number of fused-ring (bicyclic) bond motifs is 2. The van der Waals surface area contributed by atoms with Gasteiger partial charge < -0.3 is 4.40 Å². The lowest BCUT2D eigenvalue weighted by Crippen LogP contribution is -1.97. The molecule has 0 unspecified atom stereocenters. The Morgan fingerprint density at radius 1 is 1.00 bits per heavy atom. The highest BCUT2D eigenvalue weighted by molar-refractivity contribution is 5.82. The first-order chi connectivity index (χ1) is 12.6. The predicted molar refractivity (Wildman–Crippen MR) is 90.0 cm³/mol. The molecule has 130 valence electrons. The zero-order chi connectivity index (χ0) is 17.8. The summed E-state index contributed by atoms with van der Waals surface area (Å²) < 4.78 is 45.2. The number of imidazole rings is 1. The molecule has 0 aliphatic carbocycles. The molecular weight excluding hydrogens is 341 g/mol. The third kappa shape index (κ3) is 2.09. The summed E-state index contributed by atoms with van der Waals surface area (Å²) in [4.78, 5) is 4.61. The molecule has 0 atom stereocenters. The second-order valence-electron chi connectivity index (χ2n) is 6.31. The molecule has 4 heterocycles. The van der Waals surface area contributed by atoms with Crippen molar-refractivity contribution in [3.05, 3.63) is 65.9 Å². The Kier molecular flexibility index (Phi) is 3.19. The van der Waals surface area contributed by atoms with E-state index in [4.69, 9.17) is 0 Å². The summed E-state index contributed by atoms with van der Waals surface area (Å²) in [7, 11) is 0.